The Balaban J connectivity index is 2.05. The van der Waals surface area contributed by atoms with Gasteiger partial charge in [-0.3, -0.25) is 13.9 Å². The number of nitrogens with one attached hydrogen (secondary N) is 1. The minimum atomic E-state index is -4.19. The molecule has 3 rings (SSSR count). The Kier molecular flexibility index (Phi) is 11.0. The van der Waals surface area contributed by atoms with Gasteiger partial charge >= 0.3 is 0 Å². The fourth-order valence-electron chi connectivity index (χ4n) is 4.13. The largest absolute Gasteiger partial charge is 0.354 e. The highest BCUT2D eigenvalue weighted by molar-refractivity contribution is 7.92. The van der Waals surface area contributed by atoms with Gasteiger partial charge in [0.15, 0.2) is 0 Å². The van der Waals surface area contributed by atoms with E-state index in [-0.39, 0.29) is 39.0 Å². The van der Waals surface area contributed by atoms with Crippen molar-refractivity contribution in [1.29, 1.82) is 0 Å². The minimum Gasteiger partial charge on any atom is -0.354 e. The van der Waals surface area contributed by atoms with Gasteiger partial charge in [-0.2, -0.15) is 0 Å². The number of anilines is 1. The van der Waals surface area contributed by atoms with Crippen LogP contribution in [0, 0.1) is 12.8 Å². The molecule has 3 aromatic rings. The molecule has 0 saturated heterocycles. The highest BCUT2D eigenvalue weighted by Crippen LogP contribution is 2.31. The highest BCUT2D eigenvalue weighted by atomic mass is 35.5. The predicted molar refractivity (Wildman–Crippen MR) is 161 cm³/mol. The summed E-state index contributed by atoms with van der Waals surface area (Å²) < 4.78 is 28.8. The van der Waals surface area contributed by atoms with E-state index in [0.717, 1.165) is 15.4 Å². The summed E-state index contributed by atoms with van der Waals surface area (Å²) in [7, 11) is -4.19. The zero-order valence-electron chi connectivity index (χ0n) is 23.1. The first-order valence-corrected chi connectivity index (χ1v) is 15.3. The fourth-order valence-corrected chi connectivity index (χ4v) is 5.83. The Labute approximate surface area is 247 Å². The van der Waals surface area contributed by atoms with Crippen LogP contribution >= 0.6 is 23.2 Å². The van der Waals surface area contributed by atoms with Gasteiger partial charge in [-0.25, -0.2) is 8.42 Å². The summed E-state index contributed by atoms with van der Waals surface area (Å²) in [6, 6.07) is 19.2. The van der Waals surface area contributed by atoms with Gasteiger partial charge in [0.1, 0.15) is 12.6 Å². The topological polar surface area (TPSA) is 86.8 Å². The van der Waals surface area contributed by atoms with E-state index in [0.29, 0.717) is 13.0 Å². The molecule has 0 heterocycles. The van der Waals surface area contributed by atoms with Crippen LogP contribution in [0.5, 0.6) is 0 Å². The van der Waals surface area contributed by atoms with Crippen molar-refractivity contribution in [3.05, 3.63) is 94.0 Å². The molecule has 0 radical (unpaired) electrons. The quantitative estimate of drug-likeness (QED) is 0.272. The molecule has 2 amide bonds. The first kappa shape index (κ1) is 31.5. The number of hydrogen-bond acceptors (Lipinski definition) is 4. The zero-order valence-corrected chi connectivity index (χ0v) is 25.4. The van der Waals surface area contributed by atoms with Crippen LogP contribution in [0.3, 0.4) is 0 Å². The lowest BCUT2D eigenvalue weighted by Crippen LogP contribution is -2.52. The Hall–Kier alpha value is -3.07. The molecule has 0 spiro atoms. The van der Waals surface area contributed by atoms with Crippen LogP contribution in [0.25, 0.3) is 0 Å². The lowest BCUT2D eigenvalue weighted by Gasteiger charge is -2.33. The van der Waals surface area contributed by atoms with Crippen LogP contribution in [-0.4, -0.2) is 44.3 Å². The Morgan fingerprint density at radius 3 is 2.15 bits per heavy atom. The molecule has 3 aromatic carbocycles. The number of sulfonamides is 1. The molecule has 1 N–H and O–H groups in total. The molecule has 10 heteroatoms. The third-order valence-corrected chi connectivity index (χ3v) is 8.87. The molecule has 0 fully saturated rings. The number of carbonyl (C=O) groups is 2. The van der Waals surface area contributed by atoms with Gasteiger partial charge in [0.25, 0.3) is 10.0 Å². The predicted octanol–water partition coefficient (Wildman–Crippen LogP) is 6.08. The minimum absolute atomic E-state index is 0.0216. The van der Waals surface area contributed by atoms with Gasteiger partial charge in [-0.05, 0) is 55.2 Å². The van der Waals surface area contributed by atoms with Crippen LogP contribution in [0.4, 0.5) is 5.69 Å². The second-order valence-corrected chi connectivity index (χ2v) is 12.7. The number of benzene rings is 3. The molecule has 0 aromatic heterocycles. The number of halogens is 2. The molecular formula is C30H35Cl2N3O4S. The van der Waals surface area contributed by atoms with Gasteiger partial charge in [0.2, 0.25) is 11.8 Å². The van der Waals surface area contributed by atoms with Crippen molar-refractivity contribution in [2.75, 3.05) is 17.4 Å². The summed E-state index contributed by atoms with van der Waals surface area (Å²) >= 11 is 12.4. The van der Waals surface area contributed by atoms with Crippen molar-refractivity contribution in [1.82, 2.24) is 10.2 Å². The zero-order chi connectivity index (χ0) is 29.4. The highest BCUT2D eigenvalue weighted by Gasteiger charge is 2.33. The maximum atomic E-state index is 14.0. The van der Waals surface area contributed by atoms with Crippen LogP contribution < -0.4 is 9.62 Å². The van der Waals surface area contributed by atoms with E-state index in [1.54, 1.807) is 12.1 Å². The van der Waals surface area contributed by atoms with Crippen molar-refractivity contribution in [3.8, 4) is 0 Å². The van der Waals surface area contributed by atoms with Crippen LogP contribution in [0.1, 0.15) is 38.3 Å². The molecule has 0 saturated carbocycles. The van der Waals surface area contributed by atoms with Crippen molar-refractivity contribution < 1.29 is 18.0 Å². The van der Waals surface area contributed by atoms with E-state index < -0.39 is 28.5 Å². The first-order valence-electron chi connectivity index (χ1n) is 13.1. The van der Waals surface area contributed by atoms with Crippen molar-refractivity contribution in [2.24, 2.45) is 5.92 Å². The third kappa shape index (κ3) is 7.99. The maximum Gasteiger partial charge on any atom is 0.264 e. The van der Waals surface area contributed by atoms with Crippen molar-refractivity contribution >= 4 is 50.7 Å². The summed E-state index contributed by atoms with van der Waals surface area (Å²) in [5, 5.41) is 3.32. The molecule has 1 atom stereocenters. The second-order valence-electron chi connectivity index (χ2n) is 9.99. The summed E-state index contributed by atoms with van der Waals surface area (Å²) in [6.45, 7) is 7.69. The number of carbonyl (C=O) groups excluding carboxylic acids is 2. The molecule has 214 valence electrons. The van der Waals surface area contributed by atoms with Gasteiger partial charge in [-0.15, -0.1) is 0 Å². The molecule has 0 aliphatic carbocycles. The van der Waals surface area contributed by atoms with Crippen molar-refractivity contribution in [2.45, 2.75) is 51.6 Å². The average molecular weight is 605 g/mol. The lowest BCUT2D eigenvalue weighted by atomic mass is 10.1. The number of hydrogen-bond donors (Lipinski definition) is 1. The number of amides is 2. The summed E-state index contributed by atoms with van der Waals surface area (Å²) in [4.78, 5) is 28.7. The molecule has 40 heavy (non-hydrogen) atoms. The van der Waals surface area contributed by atoms with Crippen molar-refractivity contribution in [3.63, 3.8) is 0 Å². The van der Waals surface area contributed by atoms with Gasteiger partial charge in [0, 0.05) is 13.1 Å². The smallest absolute Gasteiger partial charge is 0.264 e. The SMILES string of the molecule is CC[C@@H](C(=O)NCC(C)C)N(Cc1ccccc1)C(=O)CN(c1ccc(Cl)c(Cl)c1)S(=O)(=O)c1ccc(C)cc1. The van der Waals surface area contributed by atoms with Gasteiger partial charge in [0.05, 0.1) is 20.6 Å². The Bertz CT molecular complexity index is 1410. The molecular weight excluding hydrogens is 569 g/mol. The van der Waals surface area contributed by atoms with Crippen LogP contribution in [0.2, 0.25) is 10.0 Å². The van der Waals surface area contributed by atoms with Gasteiger partial charge < -0.3 is 10.2 Å². The van der Waals surface area contributed by atoms with E-state index >= 15 is 0 Å². The molecule has 0 aliphatic rings. The Morgan fingerprint density at radius 2 is 1.57 bits per heavy atom. The fraction of sp³-hybridized carbons (Fsp3) is 0.333. The Morgan fingerprint density at radius 1 is 0.925 bits per heavy atom. The third-order valence-electron chi connectivity index (χ3n) is 6.35. The number of rotatable bonds is 12. The number of aryl methyl sites for hydroxylation is 1. The molecule has 0 aliphatic heterocycles. The monoisotopic (exact) mass is 603 g/mol. The van der Waals surface area contributed by atoms with Crippen LogP contribution in [0.15, 0.2) is 77.7 Å². The second kappa shape index (κ2) is 14.0. The summed E-state index contributed by atoms with van der Waals surface area (Å²) in [5.74, 6) is -0.593. The first-order chi connectivity index (χ1) is 18.9. The van der Waals surface area contributed by atoms with E-state index in [1.807, 2.05) is 58.0 Å². The van der Waals surface area contributed by atoms with E-state index in [1.165, 1.54) is 35.2 Å². The van der Waals surface area contributed by atoms with E-state index in [9.17, 15) is 18.0 Å². The van der Waals surface area contributed by atoms with Gasteiger partial charge in [-0.1, -0.05) is 92.0 Å². The molecule has 0 unspecified atom stereocenters. The normalized spacial score (nSPS) is 12.2. The maximum absolute atomic E-state index is 14.0. The summed E-state index contributed by atoms with van der Waals surface area (Å²) in [5.41, 5.74) is 1.89. The average Bonchev–Trinajstić information content (AvgIpc) is 2.92. The number of nitrogens with zero attached hydrogens (tertiary/aromatic N) is 2. The standard InChI is InChI=1S/C30H35Cl2N3O4S/c1-5-28(30(37)33-18-21(2)3)34(19-23-9-7-6-8-10-23)29(36)20-35(24-13-16-26(31)27(32)17-24)40(38,39)25-14-11-22(4)12-15-25/h6-17,21,28H,5,18-20H2,1-4H3,(H,33,37)/t28-/m0/s1. The molecule has 0 bridgehead atoms. The lowest BCUT2D eigenvalue weighted by molar-refractivity contribution is -0.140. The van der Waals surface area contributed by atoms with E-state index in [2.05, 4.69) is 5.32 Å². The van der Waals surface area contributed by atoms with E-state index in [4.69, 9.17) is 23.2 Å². The van der Waals surface area contributed by atoms with Crippen LogP contribution in [-0.2, 0) is 26.2 Å². The summed E-state index contributed by atoms with van der Waals surface area (Å²) in [6.07, 6.45) is 0.347. The molecule has 7 nitrogen and oxygen atoms in total.